The Hall–Kier alpha value is -0.590. The molecule has 1 amide bonds. The number of thioether (sulfide) groups is 2. The summed E-state index contributed by atoms with van der Waals surface area (Å²) in [5.74, 6) is 3.50. The normalized spacial score (nSPS) is 17.9. The fourth-order valence-corrected chi connectivity index (χ4v) is 4.55. The van der Waals surface area contributed by atoms with Gasteiger partial charge in [-0.15, -0.1) is 23.4 Å². The maximum atomic E-state index is 11.2. The fraction of sp³-hybridized carbons (Fsp3) is 0.600. The van der Waals surface area contributed by atoms with Crippen LogP contribution in [0.25, 0.3) is 0 Å². The van der Waals surface area contributed by atoms with Gasteiger partial charge in [0, 0.05) is 23.9 Å². The van der Waals surface area contributed by atoms with E-state index in [0.29, 0.717) is 12.4 Å². The van der Waals surface area contributed by atoms with Gasteiger partial charge in [0.05, 0.1) is 18.1 Å². The van der Waals surface area contributed by atoms with Crippen molar-refractivity contribution in [1.29, 1.82) is 0 Å². The molecule has 0 aromatic carbocycles. The number of nitrogens with zero attached hydrogens (tertiary/aromatic N) is 2. The summed E-state index contributed by atoms with van der Waals surface area (Å²) >= 11 is 9.58. The highest BCUT2D eigenvalue weighted by Gasteiger charge is 2.27. The molecule has 0 radical (unpaired) electrons. The number of rotatable bonds is 8. The first-order valence-corrected chi connectivity index (χ1v) is 9.92. The molecule has 0 N–H and O–H groups in total. The van der Waals surface area contributed by atoms with Crippen molar-refractivity contribution in [3.05, 3.63) is 23.5 Å². The number of carbonyl (C=O) groups is 1. The lowest BCUT2D eigenvalue weighted by atomic mass is 10.2. The fourth-order valence-electron chi connectivity index (χ4n) is 2.14. The zero-order valence-electron chi connectivity index (χ0n) is 12.9. The maximum Gasteiger partial charge on any atom is 0.409 e. The average molecular weight is 361 g/mol. The van der Waals surface area contributed by atoms with Gasteiger partial charge in [0.2, 0.25) is 0 Å². The molecule has 0 bridgehead atoms. The number of halogens is 1. The van der Waals surface area contributed by atoms with Gasteiger partial charge in [-0.2, -0.15) is 11.8 Å². The Bertz CT molecular complexity index is 516. The van der Waals surface area contributed by atoms with Crippen LogP contribution in [0, 0.1) is 6.92 Å². The molecular weight excluding hydrogens is 340 g/mol. The van der Waals surface area contributed by atoms with Crippen molar-refractivity contribution in [2.24, 2.45) is 0 Å². The highest BCUT2D eigenvalue weighted by molar-refractivity contribution is 8.00. The molecule has 0 aliphatic carbocycles. The Balaban J connectivity index is 1.61. The molecule has 1 atom stereocenters. The van der Waals surface area contributed by atoms with Crippen molar-refractivity contribution in [2.45, 2.75) is 30.2 Å². The van der Waals surface area contributed by atoms with E-state index in [-0.39, 0.29) is 12.2 Å². The molecule has 1 aliphatic heterocycles. The average Bonchev–Trinajstić information content (AvgIpc) is 2.83. The monoisotopic (exact) mass is 360 g/mol. The van der Waals surface area contributed by atoms with Gasteiger partial charge in [-0.3, -0.25) is 4.98 Å². The predicted molar refractivity (Wildman–Crippen MR) is 94.1 cm³/mol. The third-order valence-electron chi connectivity index (χ3n) is 3.44. The standard InChI is InChI=1S/C15H21ClN2O2S2/c1-11-13(8-16)17-5-4-14(11)22-7-3-6-21-10-12-9-18(2)15(19)20-12/h4-5,12H,3,6-10H2,1-2H3. The van der Waals surface area contributed by atoms with Gasteiger partial charge < -0.3 is 9.64 Å². The summed E-state index contributed by atoms with van der Waals surface area (Å²) in [6, 6.07) is 2.05. The Kier molecular flexibility index (Phi) is 7.18. The van der Waals surface area contributed by atoms with Gasteiger partial charge in [0.25, 0.3) is 0 Å². The zero-order chi connectivity index (χ0) is 15.9. The van der Waals surface area contributed by atoms with Crippen molar-refractivity contribution in [3.8, 4) is 0 Å². The summed E-state index contributed by atoms with van der Waals surface area (Å²) in [7, 11) is 1.77. The summed E-state index contributed by atoms with van der Waals surface area (Å²) in [4.78, 5) is 18.4. The number of amides is 1. The third kappa shape index (κ3) is 4.96. The SMILES string of the molecule is Cc1c(SCCCSCC2CN(C)C(=O)O2)ccnc1CCl. The molecule has 1 aliphatic rings. The Morgan fingerprint density at radius 2 is 2.32 bits per heavy atom. The number of aromatic nitrogens is 1. The van der Waals surface area contributed by atoms with E-state index in [1.54, 1.807) is 11.9 Å². The van der Waals surface area contributed by atoms with Crippen LogP contribution in [0.1, 0.15) is 17.7 Å². The molecule has 22 heavy (non-hydrogen) atoms. The summed E-state index contributed by atoms with van der Waals surface area (Å²) in [6.07, 6.45) is 2.80. The van der Waals surface area contributed by atoms with Gasteiger partial charge in [-0.25, -0.2) is 4.79 Å². The first-order valence-electron chi connectivity index (χ1n) is 7.24. The molecule has 1 aromatic rings. The molecule has 1 fully saturated rings. The first kappa shape index (κ1) is 17.8. The number of hydrogen-bond donors (Lipinski definition) is 0. The largest absolute Gasteiger partial charge is 0.443 e. The second-order valence-electron chi connectivity index (χ2n) is 5.18. The van der Waals surface area contributed by atoms with E-state index in [1.165, 1.54) is 10.5 Å². The number of hydrogen-bond acceptors (Lipinski definition) is 5. The van der Waals surface area contributed by atoms with E-state index in [2.05, 4.69) is 18.0 Å². The minimum atomic E-state index is -0.204. The van der Waals surface area contributed by atoms with Crippen molar-refractivity contribution in [1.82, 2.24) is 9.88 Å². The molecule has 7 heteroatoms. The minimum Gasteiger partial charge on any atom is -0.443 e. The summed E-state index contributed by atoms with van der Waals surface area (Å²) in [6.45, 7) is 2.78. The number of cyclic esters (lactones) is 1. The molecule has 1 saturated heterocycles. The minimum absolute atomic E-state index is 0.0453. The molecule has 0 saturated carbocycles. The van der Waals surface area contributed by atoms with Crippen molar-refractivity contribution in [3.63, 3.8) is 0 Å². The van der Waals surface area contributed by atoms with Gasteiger partial charge >= 0.3 is 6.09 Å². The lowest BCUT2D eigenvalue weighted by Crippen LogP contribution is -2.20. The number of likely N-dealkylation sites (N-methyl/N-ethyl adjacent to an activating group) is 1. The molecule has 1 aromatic heterocycles. The van der Waals surface area contributed by atoms with Crippen molar-refractivity contribution < 1.29 is 9.53 Å². The van der Waals surface area contributed by atoms with E-state index in [4.69, 9.17) is 16.3 Å². The highest BCUT2D eigenvalue weighted by Crippen LogP contribution is 2.25. The molecule has 1 unspecified atom stereocenters. The van der Waals surface area contributed by atoms with Gasteiger partial charge in [-0.05, 0) is 36.5 Å². The number of pyridine rings is 1. The zero-order valence-corrected chi connectivity index (χ0v) is 15.3. The third-order valence-corrected chi connectivity index (χ3v) is 6.12. The van der Waals surface area contributed by atoms with Gasteiger partial charge in [-0.1, -0.05) is 0 Å². The topological polar surface area (TPSA) is 42.4 Å². The summed E-state index contributed by atoms with van der Waals surface area (Å²) in [5.41, 5.74) is 2.16. The van der Waals surface area contributed by atoms with Crippen LogP contribution in [0.5, 0.6) is 0 Å². The van der Waals surface area contributed by atoms with Crippen molar-refractivity contribution >= 4 is 41.2 Å². The number of alkyl halides is 1. The van der Waals surface area contributed by atoms with E-state index < -0.39 is 0 Å². The first-order chi connectivity index (χ1) is 10.6. The van der Waals surface area contributed by atoms with Crippen LogP contribution in [-0.2, 0) is 10.6 Å². The smallest absolute Gasteiger partial charge is 0.409 e. The second-order valence-corrected chi connectivity index (χ2v) is 7.73. The van der Waals surface area contributed by atoms with E-state index >= 15 is 0 Å². The van der Waals surface area contributed by atoms with Crippen LogP contribution in [0.3, 0.4) is 0 Å². The second kappa shape index (κ2) is 8.89. The number of ether oxygens (including phenoxy) is 1. The summed E-state index contributed by atoms with van der Waals surface area (Å²) < 4.78 is 5.23. The molecular formula is C15H21ClN2O2S2. The Labute approximate surface area is 145 Å². The Morgan fingerprint density at radius 1 is 1.50 bits per heavy atom. The van der Waals surface area contributed by atoms with Crippen LogP contribution >= 0.6 is 35.1 Å². The van der Waals surface area contributed by atoms with Gasteiger partial charge in [0.1, 0.15) is 6.10 Å². The quantitative estimate of drug-likeness (QED) is 0.401. The van der Waals surface area contributed by atoms with Crippen LogP contribution in [0.4, 0.5) is 4.79 Å². The molecule has 4 nitrogen and oxygen atoms in total. The lowest BCUT2D eigenvalue weighted by molar-refractivity contribution is 0.142. The Morgan fingerprint density at radius 3 is 3.00 bits per heavy atom. The number of carbonyl (C=O) groups excluding carboxylic acids is 1. The van der Waals surface area contributed by atoms with E-state index in [9.17, 15) is 4.79 Å². The molecule has 2 heterocycles. The van der Waals surface area contributed by atoms with E-state index in [1.807, 2.05) is 29.7 Å². The maximum absolute atomic E-state index is 11.2. The molecule has 122 valence electrons. The van der Waals surface area contributed by atoms with Crippen LogP contribution in [0.15, 0.2) is 17.2 Å². The van der Waals surface area contributed by atoms with Crippen LogP contribution < -0.4 is 0 Å². The molecule has 0 spiro atoms. The van der Waals surface area contributed by atoms with Crippen LogP contribution in [-0.4, -0.2) is 52.9 Å². The highest BCUT2D eigenvalue weighted by atomic mass is 35.5. The molecule has 2 rings (SSSR count). The van der Waals surface area contributed by atoms with E-state index in [0.717, 1.165) is 29.4 Å². The predicted octanol–water partition coefficient (Wildman–Crippen LogP) is 3.79. The van der Waals surface area contributed by atoms with Gasteiger partial charge in [0.15, 0.2) is 0 Å². The summed E-state index contributed by atoms with van der Waals surface area (Å²) in [5, 5.41) is 0. The van der Waals surface area contributed by atoms with Crippen molar-refractivity contribution in [2.75, 3.05) is 30.9 Å². The lowest BCUT2D eigenvalue weighted by Gasteiger charge is -2.09. The van der Waals surface area contributed by atoms with Crippen LogP contribution in [0.2, 0.25) is 0 Å².